The molecule has 1 aliphatic heterocycles. The molecule has 3 aromatic rings. The van der Waals surface area contributed by atoms with Crippen LogP contribution in [-0.2, 0) is 11.3 Å². The molecule has 148 valence electrons. The fourth-order valence-electron chi connectivity index (χ4n) is 3.60. The lowest BCUT2D eigenvalue weighted by Gasteiger charge is -2.36. The van der Waals surface area contributed by atoms with Gasteiger partial charge in [0.05, 0.1) is 12.1 Å². The van der Waals surface area contributed by atoms with Gasteiger partial charge in [-0.15, -0.1) is 0 Å². The molecule has 1 atom stereocenters. The van der Waals surface area contributed by atoms with Crippen LogP contribution in [0.5, 0.6) is 0 Å². The molecule has 2 aromatic heterocycles. The Labute approximate surface area is 167 Å². The maximum absolute atomic E-state index is 15.4. The number of nitrogens with one attached hydrogen (secondary N) is 1. The molecular formula is C22H21FN4O2. The maximum atomic E-state index is 15.4. The molecule has 3 heterocycles. The van der Waals surface area contributed by atoms with Gasteiger partial charge in [0.2, 0.25) is 5.67 Å². The van der Waals surface area contributed by atoms with Crippen LogP contribution in [0.2, 0.25) is 0 Å². The highest BCUT2D eigenvalue weighted by molar-refractivity contribution is 5.98. The van der Waals surface area contributed by atoms with E-state index in [0.717, 1.165) is 16.5 Å². The van der Waals surface area contributed by atoms with Crippen molar-refractivity contribution in [1.82, 2.24) is 20.2 Å². The van der Waals surface area contributed by atoms with E-state index in [1.54, 1.807) is 48.9 Å². The van der Waals surface area contributed by atoms with E-state index in [-0.39, 0.29) is 25.4 Å². The summed E-state index contributed by atoms with van der Waals surface area (Å²) in [6, 6.07) is 12.5. The number of amides is 2. The van der Waals surface area contributed by atoms with Crippen molar-refractivity contribution in [2.45, 2.75) is 25.1 Å². The van der Waals surface area contributed by atoms with Gasteiger partial charge in [-0.05, 0) is 48.7 Å². The standard InChI is InChI=1S/C22H21FN4O2/c23-22(21(29)26-14-16-4-1-9-24-13-16)8-3-11-27(15-22)20(28)18-6-7-19-17(12-18)5-2-10-25-19/h1-2,4-7,9-10,12-13H,3,8,11,14-15H2,(H,26,29). The first-order chi connectivity index (χ1) is 14.0. The molecule has 0 aliphatic carbocycles. The number of hydrogen-bond donors (Lipinski definition) is 1. The first-order valence-corrected chi connectivity index (χ1v) is 9.55. The predicted octanol–water partition coefficient (Wildman–Crippen LogP) is 2.89. The number of likely N-dealkylation sites (tertiary alicyclic amines) is 1. The summed E-state index contributed by atoms with van der Waals surface area (Å²) in [5.74, 6) is -0.973. The van der Waals surface area contributed by atoms with Gasteiger partial charge >= 0.3 is 0 Å². The second kappa shape index (κ2) is 7.95. The summed E-state index contributed by atoms with van der Waals surface area (Å²) in [5, 5.41) is 3.48. The van der Waals surface area contributed by atoms with E-state index in [0.29, 0.717) is 18.5 Å². The summed E-state index contributed by atoms with van der Waals surface area (Å²) >= 11 is 0. The van der Waals surface area contributed by atoms with Gasteiger partial charge in [-0.3, -0.25) is 19.6 Å². The number of halogens is 1. The zero-order valence-electron chi connectivity index (χ0n) is 15.8. The number of alkyl halides is 1. The SMILES string of the molecule is O=C(c1ccc2ncccc2c1)N1CCCC(F)(C(=O)NCc2cccnc2)C1. The third-order valence-electron chi connectivity index (χ3n) is 5.16. The quantitative estimate of drug-likeness (QED) is 0.741. The van der Waals surface area contributed by atoms with Crippen molar-refractivity contribution in [1.29, 1.82) is 0 Å². The van der Waals surface area contributed by atoms with Crippen LogP contribution < -0.4 is 5.32 Å². The lowest BCUT2D eigenvalue weighted by molar-refractivity contribution is -0.136. The molecule has 0 bridgehead atoms. The molecule has 0 saturated carbocycles. The third kappa shape index (κ3) is 4.08. The lowest BCUT2D eigenvalue weighted by atomic mass is 9.93. The zero-order chi connectivity index (χ0) is 20.3. The first kappa shape index (κ1) is 19.0. The van der Waals surface area contributed by atoms with Crippen molar-refractivity contribution in [2.75, 3.05) is 13.1 Å². The van der Waals surface area contributed by atoms with Crippen LogP contribution in [0.25, 0.3) is 10.9 Å². The zero-order valence-corrected chi connectivity index (χ0v) is 15.8. The Morgan fingerprint density at radius 3 is 2.86 bits per heavy atom. The fourth-order valence-corrected chi connectivity index (χ4v) is 3.60. The number of hydrogen-bond acceptors (Lipinski definition) is 4. The Morgan fingerprint density at radius 2 is 2.03 bits per heavy atom. The fraction of sp³-hybridized carbons (Fsp3) is 0.273. The minimum Gasteiger partial charge on any atom is -0.349 e. The monoisotopic (exact) mass is 392 g/mol. The second-order valence-corrected chi connectivity index (χ2v) is 7.25. The Bertz CT molecular complexity index is 1040. The molecule has 1 saturated heterocycles. The number of nitrogens with zero attached hydrogens (tertiary/aromatic N) is 3. The van der Waals surface area contributed by atoms with E-state index >= 15 is 4.39 Å². The van der Waals surface area contributed by atoms with Gasteiger partial charge < -0.3 is 10.2 Å². The Balaban J connectivity index is 1.46. The summed E-state index contributed by atoms with van der Waals surface area (Å²) in [6.45, 7) is 0.366. The van der Waals surface area contributed by atoms with Crippen molar-refractivity contribution in [2.24, 2.45) is 0 Å². The molecule has 1 fully saturated rings. The van der Waals surface area contributed by atoms with Crippen LogP contribution in [-0.4, -0.2) is 45.4 Å². The Morgan fingerprint density at radius 1 is 1.17 bits per heavy atom. The van der Waals surface area contributed by atoms with Gasteiger partial charge in [0.25, 0.3) is 11.8 Å². The van der Waals surface area contributed by atoms with E-state index in [1.807, 2.05) is 12.1 Å². The van der Waals surface area contributed by atoms with E-state index in [9.17, 15) is 9.59 Å². The van der Waals surface area contributed by atoms with E-state index in [1.165, 1.54) is 4.90 Å². The van der Waals surface area contributed by atoms with E-state index in [2.05, 4.69) is 15.3 Å². The minimum atomic E-state index is -2.10. The van der Waals surface area contributed by atoms with Crippen LogP contribution in [0.1, 0.15) is 28.8 Å². The van der Waals surface area contributed by atoms with Crippen molar-refractivity contribution in [3.8, 4) is 0 Å². The number of aromatic nitrogens is 2. The second-order valence-electron chi connectivity index (χ2n) is 7.25. The number of benzene rings is 1. The van der Waals surface area contributed by atoms with Crippen molar-refractivity contribution in [3.05, 3.63) is 72.2 Å². The van der Waals surface area contributed by atoms with Crippen molar-refractivity contribution >= 4 is 22.7 Å². The van der Waals surface area contributed by atoms with Crippen molar-refractivity contribution in [3.63, 3.8) is 0 Å². The number of piperidine rings is 1. The Hall–Kier alpha value is -3.35. The van der Waals surface area contributed by atoms with Crippen LogP contribution in [0.3, 0.4) is 0 Å². The van der Waals surface area contributed by atoms with Crippen molar-refractivity contribution < 1.29 is 14.0 Å². The van der Waals surface area contributed by atoms with Gasteiger partial charge in [-0.25, -0.2) is 4.39 Å². The molecule has 1 N–H and O–H groups in total. The molecule has 1 aliphatic rings. The van der Waals surface area contributed by atoms with Gasteiger partial charge in [0.15, 0.2) is 0 Å². The number of carbonyl (C=O) groups excluding carboxylic acids is 2. The topological polar surface area (TPSA) is 75.2 Å². The average Bonchev–Trinajstić information content (AvgIpc) is 2.77. The largest absolute Gasteiger partial charge is 0.349 e. The normalized spacial score (nSPS) is 19.1. The molecule has 7 heteroatoms. The molecular weight excluding hydrogens is 371 g/mol. The molecule has 29 heavy (non-hydrogen) atoms. The highest BCUT2D eigenvalue weighted by Gasteiger charge is 2.43. The molecule has 1 aromatic carbocycles. The minimum absolute atomic E-state index is 0.0945. The summed E-state index contributed by atoms with van der Waals surface area (Å²) in [6.07, 6.45) is 5.47. The van der Waals surface area contributed by atoms with Gasteiger partial charge in [-0.2, -0.15) is 0 Å². The van der Waals surface area contributed by atoms with Crippen LogP contribution in [0, 0.1) is 0 Å². The Kier molecular flexibility index (Phi) is 5.20. The van der Waals surface area contributed by atoms with Gasteiger partial charge in [0.1, 0.15) is 0 Å². The molecule has 6 nitrogen and oxygen atoms in total. The van der Waals surface area contributed by atoms with Crippen LogP contribution >= 0.6 is 0 Å². The molecule has 2 amide bonds. The van der Waals surface area contributed by atoms with E-state index in [4.69, 9.17) is 0 Å². The molecule has 0 spiro atoms. The van der Waals surface area contributed by atoms with Gasteiger partial charge in [0, 0.05) is 42.6 Å². The molecule has 4 rings (SSSR count). The lowest BCUT2D eigenvalue weighted by Crippen LogP contribution is -2.55. The summed E-state index contributed by atoms with van der Waals surface area (Å²) < 4.78 is 15.4. The highest BCUT2D eigenvalue weighted by Crippen LogP contribution is 2.27. The first-order valence-electron chi connectivity index (χ1n) is 9.55. The third-order valence-corrected chi connectivity index (χ3v) is 5.16. The average molecular weight is 392 g/mol. The summed E-state index contributed by atoms with van der Waals surface area (Å²) in [7, 11) is 0. The number of rotatable bonds is 4. The molecule has 0 radical (unpaired) electrons. The summed E-state index contributed by atoms with van der Waals surface area (Å²) in [5.41, 5.74) is -0.0603. The van der Waals surface area contributed by atoms with Crippen LogP contribution in [0.4, 0.5) is 4.39 Å². The highest BCUT2D eigenvalue weighted by atomic mass is 19.1. The maximum Gasteiger partial charge on any atom is 0.259 e. The summed E-state index contributed by atoms with van der Waals surface area (Å²) in [4.78, 5) is 35.1. The number of pyridine rings is 2. The number of fused-ring (bicyclic) bond motifs is 1. The predicted molar refractivity (Wildman–Crippen MR) is 107 cm³/mol. The molecule has 1 unspecified atom stereocenters. The van der Waals surface area contributed by atoms with E-state index < -0.39 is 11.6 Å². The van der Waals surface area contributed by atoms with Gasteiger partial charge in [-0.1, -0.05) is 12.1 Å². The van der Waals surface area contributed by atoms with Crippen LogP contribution in [0.15, 0.2) is 61.1 Å². The number of carbonyl (C=O) groups is 2. The smallest absolute Gasteiger partial charge is 0.259 e.